The molecule has 0 saturated carbocycles. The summed E-state index contributed by atoms with van der Waals surface area (Å²) in [5.41, 5.74) is 0.479. The van der Waals surface area contributed by atoms with Crippen LogP contribution in [0, 0.1) is 35.0 Å². The molecule has 0 aromatic carbocycles. The summed E-state index contributed by atoms with van der Waals surface area (Å²) in [7, 11) is 0. The van der Waals surface area contributed by atoms with Crippen molar-refractivity contribution >= 4 is 0 Å². The van der Waals surface area contributed by atoms with Gasteiger partial charge in [0.1, 0.15) is 0 Å². The van der Waals surface area contributed by atoms with Crippen LogP contribution in [0.3, 0.4) is 0 Å². The van der Waals surface area contributed by atoms with Crippen molar-refractivity contribution in [1.82, 2.24) is 26.6 Å². The lowest BCUT2D eigenvalue weighted by Crippen LogP contribution is -2.44. The highest BCUT2D eigenvalue weighted by molar-refractivity contribution is 4.85. The molecule has 5 rings (SSSR count). The highest BCUT2D eigenvalue weighted by Gasteiger charge is 2.31. The normalized spacial score (nSPS) is 32.7. The van der Waals surface area contributed by atoms with Crippen LogP contribution in [0.5, 0.6) is 0 Å². The lowest BCUT2D eigenvalue weighted by atomic mass is 9.73. The second kappa shape index (κ2) is 38.1. The van der Waals surface area contributed by atoms with Gasteiger partial charge in [0.25, 0.3) is 0 Å². The van der Waals surface area contributed by atoms with Crippen LogP contribution in [0.1, 0.15) is 203 Å². The zero-order valence-electron chi connectivity index (χ0n) is 39.4. The fourth-order valence-corrected chi connectivity index (χ4v) is 7.05. The Balaban J connectivity index is -0.000000259. The molecule has 0 aliphatic carbocycles. The fourth-order valence-electron chi connectivity index (χ4n) is 7.05. The van der Waals surface area contributed by atoms with E-state index in [1.54, 1.807) is 0 Å². The van der Waals surface area contributed by atoms with Gasteiger partial charge >= 0.3 is 0 Å². The molecule has 0 radical (unpaired) electrons. The molecule has 5 aliphatic heterocycles. The Hall–Kier alpha value is -0.200. The molecule has 5 aliphatic rings. The fraction of sp³-hybridized carbons (Fsp3) is 1.00. The van der Waals surface area contributed by atoms with Crippen molar-refractivity contribution in [2.75, 3.05) is 32.7 Å². The summed E-state index contributed by atoms with van der Waals surface area (Å²) in [6.45, 7) is 49.8. The van der Waals surface area contributed by atoms with E-state index in [0.717, 1.165) is 53.8 Å². The van der Waals surface area contributed by atoms with Gasteiger partial charge in [0.05, 0.1) is 0 Å². The third-order valence-electron chi connectivity index (χ3n) is 11.5. The number of rotatable bonds is 0. The molecule has 0 bridgehead atoms. The van der Waals surface area contributed by atoms with Crippen molar-refractivity contribution in [2.45, 2.75) is 233 Å². The maximum absolute atomic E-state index is 3.54. The molecule has 5 nitrogen and oxygen atoms in total. The van der Waals surface area contributed by atoms with Gasteiger partial charge in [-0.1, -0.05) is 104 Å². The summed E-state index contributed by atoms with van der Waals surface area (Å²) in [5, 5.41) is 17.3. The lowest BCUT2D eigenvalue weighted by molar-refractivity contribution is 0.148. The maximum atomic E-state index is 3.54. The van der Waals surface area contributed by atoms with Gasteiger partial charge < -0.3 is 26.6 Å². The first-order chi connectivity index (χ1) is 24.2. The zero-order valence-corrected chi connectivity index (χ0v) is 39.4. The minimum absolute atomic E-state index is 0.479. The molecule has 0 aromatic rings. The first-order valence-electron chi connectivity index (χ1n) is 22.9. The first kappa shape index (κ1) is 57.5. The standard InChI is InChI=1S/C10H21N.4C7H15N.4C2H6/c1-8-9(10(2,3)4)6-5-7-11-8;4*1-6-4-3-5-8-7(6)2;4*1-2/h8-9,11H,5-7H2,1-4H3;4*6-8H,3-5H2,1-2H3;4*1-2H3/t;2*6-,7+;2*6-,7-;;;;/m.1010..../s1. The molecule has 0 aromatic heterocycles. The Morgan fingerprint density at radius 3 is 0.627 bits per heavy atom. The number of hydrogen-bond donors (Lipinski definition) is 5. The van der Waals surface area contributed by atoms with Crippen molar-refractivity contribution in [1.29, 1.82) is 0 Å². The highest BCUT2D eigenvalue weighted by atomic mass is 14.9. The van der Waals surface area contributed by atoms with Gasteiger partial charge in [-0.2, -0.15) is 0 Å². The first-order valence-corrected chi connectivity index (χ1v) is 22.9. The molecule has 5 heteroatoms. The van der Waals surface area contributed by atoms with Gasteiger partial charge in [-0.05, 0) is 167 Å². The van der Waals surface area contributed by atoms with E-state index in [-0.39, 0.29) is 0 Å². The van der Waals surface area contributed by atoms with Crippen LogP contribution < -0.4 is 26.6 Å². The van der Waals surface area contributed by atoms with Crippen LogP contribution in [0.25, 0.3) is 0 Å². The van der Waals surface area contributed by atoms with Gasteiger partial charge in [-0.15, -0.1) is 0 Å². The topological polar surface area (TPSA) is 60.1 Å². The molecule has 0 spiro atoms. The monoisotopic (exact) mass is 728 g/mol. The van der Waals surface area contributed by atoms with Gasteiger partial charge in [-0.3, -0.25) is 0 Å². The van der Waals surface area contributed by atoms with E-state index in [0.29, 0.717) is 11.5 Å². The van der Waals surface area contributed by atoms with E-state index in [9.17, 15) is 0 Å². The average Bonchev–Trinajstić information content (AvgIpc) is 3.14. The average molecular weight is 728 g/mol. The predicted octanol–water partition coefficient (Wildman–Crippen LogP) is 12.1. The van der Waals surface area contributed by atoms with Gasteiger partial charge in [0.15, 0.2) is 0 Å². The SMILES string of the molecule is CC.CC.CC.CC.CC1NCCCC1C(C)(C)C.C[C@@H]1CCCN[C@@H]1C.C[C@@H]1CCCN[C@H]1C.C[C@@H]1NCCC[C@@H]1C.C[C@H]1CCCN[C@@H]1C. The minimum Gasteiger partial charge on any atom is -0.314 e. The molecular formula is C46H105N5. The number of nitrogens with one attached hydrogen (secondary N) is 5. The Kier molecular flexibility index (Phi) is 43.0. The third kappa shape index (κ3) is 30.8. The lowest BCUT2D eigenvalue weighted by Gasteiger charge is -2.39. The molecule has 51 heavy (non-hydrogen) atoms. The summed E-state index contributed by atoms with van der Waals surface area (Å²) in [4.78, 5) is 0. The molecule has 5 saturated heterocycles. The Morgan fingerprint density at radius 2 is 0.510 bits per heavy atom. The van der Waals surface area contributed by atoms with E-state index in [2.05, 4.69) is 110 Å². The van der Waals surface area contributed by atoms with Crippen molar-refractivity contribution in [3.05, 3.63) is 0 Å². The number of piperidine rings is 5. The van der Waals surface area contributed by atoms with E-state index in [4.69, 9.17) is 0 Å². The predicted molar refractivity (Wildman–Crippen MR) is 238 cm³/mol. The highest BCUT2D eigenvalue weighted by Crippen LogP contribution is 2.34. The zero-order chi connectivity index (χ0) is 40.4. The summed E-state index contributed by atoms with van der Waals surface area (Å²) < 4.78 is 0. The Bertz CT molecular complexity index is 545. The van der Waals surface area contributed by atoms with Crippen molar-refractivity contribution < 1.29 is 0 Å². The quantitative estimate of drug-likeness (QED) is 0.172. The second-order valence-electron chi connectivity index (χ2n) is 16.3. The van der Waals surface area contributed by atoms with Crippen molar-refractivity contribution in [2.24, 2.45) is 35.0 Å². The van der Waals surface area contributed by atoms with Crippen molar-refractivity contribution in [3.8, 4) is 0 Å². The van der Waals surface area contributed by atoms with Crippen LogP contribution in [-0.2, 0) is 0 Å². The van der Waals surface area contributed by atoms with Crippen LogP contribution in [0.2, 0.25) is 0 Å². The minimum atomic E-state index is 0.479. The van der Waals surface area contributed by atoms with Crippen LogP contribution >= 0.6 is 0 Å². The molecule has 2 unspecified atom stereocenters. The van der Waals surface area contributed by atoms with Crippen molar-refractivity contribution in [3.63, 3.8) is 0 Å². The molecule has 5 fully saturated rings. The van der Waals surface area contributed by atoms with E-state index in [1.807, 2.05) is 55.4 Å². The Labute approximate surface area is 326 Å². The van der Waals surface area contributed by atoms with Crippen LogP contribution in [0.4, 0.5) is 0 Å². The van der Waals surface area contributed by atoms with Gasteiger partial charge in [0, 0.05) is 30.2 Å². The van der Waals surface area contributed by atoms with Crippen LogP contribution in [-0.4, -0.2) is 62.9 Å². The van der Waals surface area contributed by atoms with E-state index < -0.39 is 0 Å². The van der Waals surface area contributed by atoms with Gasteiger partial charge in [-0.25, -0.2) is 0 Å². The maximum Gasteiger partial charge on any atom is 0.00719 e. The Morgan fingerprint density at radius 1 is 0.314 bits per heavy atom. The molecular weight excluding hydrogens is 623 g/mol. The molecule has 5 heterocycles. The number of hydrogen-bond acceptors (Lipinski definition) is 5. The summed E-state index contributed by atoms with van der Waals surface area (Å²) in [5.74, 6) is 4.43. The molecule has 314 valence electrons. The summed E-state index contributed by atoms with van der Waals surface area (Å²) >= 11 is 0. The summed E-state index contributed by atoms with van der Waals surface area (Å²) in [6.07, 6.45) is 13.9. The summed E-state index contributed by atoms with van der Waals surface area (Å²) in [6, 6.07) is 3.73. The smallest absolute Gasteiger partial charge is 0.00719 e. The van der Waals surface area contributed by atoms with E-state index >= 15 is 0 Å². The third-order valence-corrected chi connectivity index (χ3v) is 11.5. The molecule has 5 N–H and O–H groups in total. The van der Waals surface area contributed by atoms with Crippen LogP contribution in [0.15, 0.2) is 0 Å². The van der Waals surface area contributed by atoms with E-state index in [1.165, 1.54) is 96.9 Å². The molecule has 10 atom stereocenters. The molecule has 0 amide bonds. The largest absolute Gasteiger partial charge is 0.314 e. The second-order valence-corrected chi connectivity index (χ2v) is 16.3. The van der Waals surface area contributed by atoms with Gasteiger partial charge in [0.2, 0.25) is 0 Å².